The zero-order valence-corrected chi connectivity index (χ0v) is 22.0. The number of carboxylic acid groups (broad SMARTS) is 1. The molecule has 1 aromatic heterocycles. The van der Waals surface area contributed by atoms with Crippen molar-refractivity contribution in [3.8, 4) is 11.1 Å². The van der Waals surface area contributed by atoms with Gasteiger partial charge in [0.15, 0.2) is 0 Å². The van der Waals surface area contributed by atoms with Gasteiger partial charge in [0.1, 0.15) is 5.82 Å². The summed E-state index contributed by atoms with van der Waals surface area (Å²) < 4.78 is 24.9. The van der Waals surface area contributed by atoms with E-state index in [-0.39, 0.29) is 24.4 Å². The molecule has 3 rings (SSSR count). The van der Waals surface area contributed by atoms with Crippen molar-refractivity contribution in [2.24, 2.45) is 5.41 Å². The van der Waals surface area contributed by atoms with Crippen molar-refractivity contribution in [3.63, 3.8) is 0 Å². The van der Waals surface area contributed by atoms with Gasteiger partial charge in [0.05, 0.1) is 11.1 Å². The molecule has 0 aliphatic heterocycles. The molecule has 2 aromatic carbocycles. The zero-order chi connectivity index (χ0) is 27.0. The van der Waals surface area contributed by atoms with Gasteiger partial charge < -0.3 is 19.7 Å². The van der Waals surface area contributed by atoms with Crippen molar-refractivity contribution in [2.75, 3.05) is 13.2 Å². The molecule has 1 unspecified atom stereocenters. The predicted molar refractivity (Wildman–Crippen MR) is 139 cm³/mol. The second-order valence-electron chi connectivity index (χ2n) is 9.25. The number of hydrogen-bond acceptors (Lipinski definition) is 5. The minimum Gasteiger partial charge on any atom is -0.481 e. The molecule has 0 spiro atoms. The molecule has 9 heteroatoms. The van der Waals surface area contributed by atoms with Crippen molar-refractivity contribution >= 4 is 23.5 Å². The summed E-state index contributed by atoms with van der Waals surface area (Å²) in [6.45, 7) is 6.19. The summed E-state index contributed by atoms with van der Waals surface area (Å²) in [7, 11) is 0. The van der Waals surface area contributed by atoms with E-state index in [1.54, 1.807) is 31.2 Å². The number of hydrogen-bond donors (Lipinski definition) is 2. The maximum Gasteiger partial charge on any atom is 0.309 e. The SMILES string of the molecule is CCOCCC(C)(C[C@@H](Cc1ccc(-c2cc(Cl)ccc2F)cc1)NC(=O)c1cc(CC)no1)C(=O)O. The van der Waals surface area contributed by atoms with Crippen LogP contribution in [0.25, 0.3) is 11.1 Å². The lowest BCUT2D eigenvalue weighted by Crippen LogP contribution is -2.43. The highest BCUT2D eigenvalue weighted by Gasteiger charge is 2.36. The van der Waals surface area contributed by atoms with E-state index < -0.39 is 23.3 Å². The third kappa shape index (κ3) is 7.63. The van der Waals surface area contributed by atoms with Crippen LogP contribution in [0.4, 0.5) is 4.39 Å². The van der Waals surface area contributed by atoms with Crippen molar-refractivity contribution in [1.29, 1.82) is 0 Å². The number of carboxylic acids is 1. The number of aliphatic carboxylic acids is 1. The molecule has 0 aliphatic rings. The monoisotopic (exact) mass is 530 g/mol. The fourth-order valence-electron chi connectivity index (χ4n) is 4.12. The lowest BCUT2D eigenvalue weighted by atomic mass is 9.79. The topological polar surface area (TPSA) is 102 Å². The number of ether oxygens (including phenoxy) is 1. The quantitative estimate of drug-likeness (QED) is 0.265. The van der Waals surface area contributed by atoms with Gasteiger partial charge in [-0.05, 0) is 68.9 Å². The highest BCUT2D eigenvalue weighted by molar-refractivity contribution is 6.30. The van der Waals surface area contributed by atoms with Crippen molar-refractivity contribution < 1.29 is 28.3 Å². The second-order valence-corrected chi connectivity index (χ2v) is 9.68. The van der Waals surface area contributed by atoms with Crippen LogP contribution in [0.15, 0.2) is 53.1 Å². The van der Waals surface area contributed by atoms with Crippen LogP contribution in [0.1, 0.15) is 55.4 Å². The summed E-state index contributed by atoms with van der Waals surface area (Å²) in [5.74, 6) is -1.74. The van der Waals surface area contributed by atoms with Crippen LogP contribution in [-0.2, 0) is 22.4 Å². The average Bonchev–Trinajstić information content (AvgIpc) is 3.36. The first-order valence-electron chi connectivity index (χ1n) is 12.3. The number of aryl methyl sites for hydroxylation is 1. The van der Waals surface area contributed by atoms with Gasteiger partial charge in [-0.25, -0.2) is 4.39 Å². The van der Waals surface area contributed by atoms with E-state index in [0.717, 1.165) is 5.56 Å². The molecule has 0 radical (unpaired) electrons. The van der Waals surface area contributed by atoms with E-state index in [9.17, 15) is 19.1 Å². The number of carbonyl (C=O) groups is 2. The summed E-state index contributed by atoms with van der Waals surface area (Å²) in [4.78, 5) is 25.1. The maximum atomic E-state index is 14.3. The van der Waals surface area contributed by atoms with Gasteiger partial charge in [-0.2, -0.15) is 0 Å². The Balaban J connectivity index is 1.84. The Labute approximate surface area is 221 Å². The van der Waals surface area contributed by atoms with Crippen LogP contribution >= 0.6 is 11.6 Å². The third-order valence-electron chi connectivity index (χ3n) is 6.37. The Hall–Kier alpha value is -3.23. The molecule has 1 amide bonds. The number of nitrogens with one attached hydrogen (secondary N) is 1. The summed E-state index contributed by atoms with van der Waals surface area (Å²) in [6, 6.07) is 12.6. The van der Waals surface area contributed by atoms with Gasteiger partial charge >= 0.3 is 5.97 Å². The molecule has 0 fully saturated rings. The van der Waals surface area contributed by atoms with Gasteiger partial charge in [-0.3, -0.25) is 9.59 Å². The molecule has 198 valence electrons. The van der Waals surface area contributed by atoms with E-state index in [1.165, 1.54) is 12.1 Å². The molecule has 7 nitrogen and oxygen atoms in total. The number of nitrogens with zero attached hydrogens (tertiary/aromatic N) is 1. The average molecular weight is 531 g/mol. The summed E-state index contributed by atoms with van der Waals surface area (Å²) in [5.41, 5.74) is 1.41. The van der Waals surface area contributed by atoms with Crippen LogP contribution in [-0.4, -0.2) is 41.4 Å². The standard InChI is InChI=1S/C28H32ClFN2O5/c1-4-21-16-25(37-32-21)26(33)31-22(17-28(3,27(34)35)12-13-36-5-2)14-18-6-8-19(9-7-18)23-15-20(29)10-11-24(23)30/h6-11,15-16,22H,4-5,12-14,17H2,1-3H3,(H,31,33)(H,34,35)/t22-,28?/m1/s1. The lowest BCUT2D eigenvalue weighted by molar-refractivity contribution is -0.150. The number of benzene rings is 2. The first kappa shape index (κ1) is 28.3. The highest BCUT2D eigenvalue weighted by Crippen LogP contribution is 2.31. The fraction of sp³-hybridized carbons (Fsp3) is 0.393. The summed E-state index contributed by atoms with van der Waals surface area (Å²) >= 11 is 6.03. The molecule has 1 heterocycles. The number of carbonyl (C=O) groups excluding carboxylic acids is 1. The third-order valence-corrected chi connectivity index (χ3v) is 6.61. The number of aromatic nitrogens is 1. The first-order chi connectivity index (χ1) is 17.6. The van der Waals surface area contributed by atoms with Crippen molar-refractivity contribution in [1.82, 2.24) is 10.5 Å². The normalized spacial score (nSPS) is 13.6. The van der Waals surface area contributed by atoms with Gasteiger partial charge in [0, 0.05) is 35.9 Å². The maximum absolute atomic E-state index is 14.3. The lowest BCUT2D eigenvalue weighted by Gasteiger charge is -2.30. The summed E-state index contributed by atoms with van der Waals surface area (Å²) in [5, 5.41) is 17.2. The first-order valence-corrected chi connectivity index (χ1v) is 12.6. The number of amides is 1. The fourth-order valence-corrected chi connectivity index (χ4v) is 4.29. The van der Waals surface area contributed by atoms with Gasteiger partial charge in [-0.1, -0.05) is 47.9 Å². The molecule has 3 aromatic rings. The Kier molecular flexibility index (Phi) is 9.83. The van der Waals surface area contributed by atoms with E-state index in [2.05, 4.69) is 10.5 Å². The molecular formula is C28H32ClFN2O5. The molecule has 0 aliphatic carbocycles. The van der Waals surface area contributed by atoms with Crippen LogP contribution < -0.4 is 5.32 Å². The molecule has 2 N–H and O–H groups in total. The van der Waals surface area contributed by atoms with Crippen molar-refractivity contribution in [3.05, 3.63) is 76.4 Å². The number of halogens is 2. The minimum atomic E-state index is -1.13. The molecule has 0 saturated heterocycles. The van der Waals surface area contributed by atoms with Crippen molar-refractivity contribution in [2.45, 2.75) is 52.5 Å². The molecule has 37 heavy (non-hydrogen) atoms. The number of rotatable bonds is 13. The van der Waals surface area contributed by atoms with E-state index in [1.807, 2.05) is 26.0 Å². The van der Waals surface area contributed by atoms with Gasteiger partial charge in [-0.15, -0.1) is 0 Å². The zero-order valence-electron chi connectivity index (χ0n) is 21.2. The van der Waals surface area contributed by atoms with E-state index in [4.69, 9.17) is 20.9 Å². The molecule has 0 saturated carbocycles. The molecule has 0 bridgehead atoms. The Bertz CT molecular complexity index is 1210. The second kappa shape index (κ2) is 12.8. The highest BCUT2D eigenvalue weighted by atomic mass is 35.5. The smallest absolute Gasteiger partial charge is 0.309 e. The molecule has 2 atom stereocenters. The van der Waals surface area contributed by atoms with E-state index >= 15 is 0 Å². The van der Waals surface area contributed by atoms with Gasteiger partial charge in [0.2, 0.25) is 5.76 Å². The molecular weight excluding hydrogens is 499 g/mol. The Morgan fingerprint density at radius 2 is 1.92 bits per heavy atom. The summed E-state index contributed by atoms with van der Waals surface area (Å²) in [6.07, 6.45) is 1.43. The van der Waals surface area contributed by atoms with Crippen LogP contribution in [0, 0.1) is 11.2 Å². The van der Waals surface area contributed by atoms with Gasteiger partial charge in [0.25, 0.3) is 5.91 Å². The van der Waals surface area contributed by atoms with Crippen LogP contribution in [0.2, 0.25) is 5.02 Å². The van der Waals surface area contributed by atoms with Crippen LogP contribution in [0.3, 0.4) is 0 Å². The van der Waals surface area contributed by atoms with Crippen LogP contribution in [0.5, 0.6) is 0 Å². The van der Waals surface area contributed by atoms with E-state index in [0.29, 0.717) is 47.9 Å². The Morgan fingerprint density at radius 3 is 2.54 bits per heavy atom. The Morgan fingerprint density at radius 1 is 1.19 bits per heavy atom. The largest absolute Gasteiger partial charge is 0.481 e. The minimum absolute atomic E-state index is 0.0694. The predicted octanol–water partition coefficient (Wildman–Crippen LogP) is 5.95.